The first kappa shape index (κ1) is 15.0. The molecule has 1 N–H and O–H groups in total. The summed E-state index contributed by atoms with van der Waals surface area (Å²) in [7, 11) is 2.00. The van der Waals surface area contributed by atoms with E-state index in [4.69, 9.17) is 0 Å². The molecule has 0 radical (unpaired) electrons. The van der Waals surface area contributed by atoms with Crippen LogP contribution in [0.25, 0.3) is 0 Å². The van der Waals surface area contributed by atoms with Crippen LogP contribution >= 0.6 is 0 Å². The number of rotatable bonds is 5. The molecule has 0 saturated carbocycles. The van der Waals surface area contributed by atoms with E-state index >= 15 is 0 Å². The quantitative estimate of drug-likeness (QED) is 0.781. The largest absolute Gasteiger partial charge is 0.350 e. The summed E-state index contributed by atoms with van der Waals surface area (Å²) >= 11 is 0. The number of aryl methyl sites for hydroxylation is 1. The first-order valence-electron chi connectivity index (χ1n) is 7.49. The molecule has 3 aromatic rings. The van der Waals surface area contributed by atoms with E-state index in [2.05, 4.69) is 32.4 Å². The van der Waals surface area contributed by atoms with Crippen molar-refractivity contribution in [2.45, 2.75) is 13.5 Å². The summed E-state index contributed by atoms with van der Waals surface area (Å²) in [4.78, 5) is 15.2. The molecule has 5 heteroatoms. The van der Waals surface area contributed by atoms with Gasteiger partial charge in [-0.3, -0.25) is 4.98 Å². The summed E-state index contributed by atoms with van der Waals surface area (Å²) in [5.74, 6) is 1.48. The molecule has 0 aliphatic carbocycles. The van der Waals surface area contributed by atoms with E-state index in [-0.39, 0.29) is 0 Å². The maximum atomic E-state index is 4.61. The lowest BCUT2D eigenvalue weighted by Gasteiger charge is -2.19. The summed E-state index contributed by atoms with van der Waals surface area (Å²) < 4.78 is 0. The Kier molecular flexibility index (Phi) is 4.47. The highest BCUT2D eigenvalue weighted by molar-refractivity contribution is 5.60. The third-order valence-electron chi connectivity index (χ3n) is 3.50. The molecule has 2 heterocycles. The average molecular weight is 305 g/mol. The molecular weight excluding hydrogens is 286 g/mol. The summed E-state index contributed by atoms with van der Waals surface area (Å²) in [6.07, 6.45) is 3.60. The van der Waals surface area contributed by atoms with Crippen LogP contribution in [0, 0.1) is 6.92 Å². The van der Waals surface area contributed by atoms with Gasteiger partial charge in [0.15, 0.2) is 0 Å². The van der Waals surface area contributed by atoms with E-state index in [0.29, 0.717) is 12.5 Å². The molecule has 1 aromatic carbocycles. The van der Waals surface area contributed by atoms with E-state index in [1.54, 1.807) is 6.20 Å². The zero-order chi connectivity index (χ0) is 16.1. The summed E-state index contributed by atoms with van der Waals surface area (Å²) in [5.41, 5.74) is 3.10. The van der Waals surface area contributed by atoms with Crippen LogP contribution in [0.1, 0.15) is 11.3 Å². The normalized spacial score (nSPS) is 10.3. The molecule has 0 aliphatic rings. The average Bonchev–Trinajstić information content (AvgIpc) is 2.60. The third-order valence-corrected chi connectivity index (χ3v) is 3.50. The van der Waals surface area contributed by atoms with Crippen molar-refractivity contribution in [3.05, 3.63) is 72.2 Å². The van der Waals surface area contributed by atoms with Crippen molar-refractivity contribution >= 4 is 17.5 Å². The molecule has 3 rings (SSSR count). The number of benzene rings is 1. The molecule has 2 aromatic heterocycles. The summed E-state index contributed by atoms with van der Waals surface area (Å²) in [5, 5.41) is 3.26. The maximum Gasteiger partial charge on any atom is 0.225 e. The van der Waals surface area contributed by atoms with Gasteiger partial charge >= 0.3 is 0 Å². The van der Waals surface area contributed by atoms with Crippen LogP contribution < -0.4 is 10.2 Å². The van der Waals surface area contributed by atoms with Gasteiger partial charge in [0.2, 0.25) is 5.95 Å². The van der Waals surface area contributed by atoms with E-state index in [0.717, 1.165) is 22.8 Å². The number of hydrogen-bond acceptors (Lipinski definition) is 5. The van der Waals surface area contributed by atoms with E-state index in [1.807, 2.05) is 61.5 Å². The fraction of sp³-hybridized carbons (Fsp3) is 0.167. The Morgan fingerprint density at radius 3 is 2.61 bits per heavy atom. The summed E-state index contributed by atoms with van der Waals surface area (Å²) in [6.45, 7) is 2.62. The van der Waals surface area contributed by atoms with Crippen molar-refractivity contribution in [3.63, 3.8) is 0 Å². The zero-order valence-electron chi connectivity index (χ0n) is 13.3. The van der Waals surface area contributed by atoms with Crippen molar-refractivity contribution in [2.24, 2.45) is 0 Å². The topological polar surface area (TPSA) is 53.9 Å². The predicted molar refractivity (Wildman–Crippen MR) is 92.8 cm³/mol. The number of hydrogen-bond donors (Lipinski definition) is 1. The SMILES string of the molecule is Cc1cc(N(C)c2ccccc2)nc(NCc2cccnc2)n1. The monoisotopic (exact) mass is 305 g/mol. The minimum Gasteiger partial charge on any atom is -0.350 e. The van der Waals surface area contributed by atoms with Gasteiger partial charge in [-0.05, 0) is 30.7 Å². The van der Waals surface area contributed by atoms with Gasteiger partial charge in [-0.1, -0.05) is 24.3 Å². The second-order valence-corrected chi connectivity index (χ2v) is 5.30. The molecular formula is C18H19N5. The fourth-order valence-corrected chi connectivity index (χ4v) is 2.27. The number of aromatic nitrogens is 3. The van der Waals surface area contributed by atoms with Gasteiger partial charge in [-0.25, -0.2) is 4.98 Å². The zero-order valence-corrected chi connectivity index (χ0v) is 13.3. The van der Waals surface area contributed by atoms with Crippen molar-refractivity contribution in [3.8, 4) is 0 Å². The van der Waals surface area contributed by atoms with Gasteiger partial charge in [0.1, 0.15) is 5.82 Å². The van der Waals surface area contributed by atoms with Crippen molar-refractivity contribution < 1.29 is 0 Å². The second kappa shape index (κ2) is 6.87. The standard InChI is InChI=1S/C18H19N5/c1-14-11-17(23(2)16-8-4-3-5-9-16)22-18(21-14)20-13-15-7-6-10-19-12-15/h3-12H,13H2,1-2H3,(H,20,21,22). The Balaban J connectivity index is 1.79. The minimum absolute atomic E-state index is 0.617. The van der Waals surface area contributed by atoms with Crippen LogP contribution in [0.5, 0.6) is 0 Å². The molecule has 5 nitrogen and oxygen atoms in total. The number of nitrogens with one attached hydrogen (secondary N) is 1. The Bertz CT molecular complexity index is 759. The van der Waals surface area contributed by atoms with Crippen molar-refractivity contribution in [2.75, 3.05) is 17.3 Å². The van der Waals surface area contributed by atoms with Crippen LogP contribution in [0.4, 0.5) is 17.5 Å². The number of nitrogens with zero attached hydrogens (tertiary/aromatic N) is 4. The highest BCUT2D eigenvalue weighted by Gasteiger charge is 2.08. The number of para-hydroxylation sites is 1. The molecule has 0 aliphatic heterocycles. The van der Waals surface area contributed by atoms with Gasteiger partial charge in [-0.15, -0.1) is 0 Å². The fourth-order valence-electron chi connectivity index (χ4n) is 2.27. The highest BCUT2D eigenvalue weighted by Crippen LogP contribution is 2.22. The first-order valence-corrected chi connectivity index (χ1v) is 7.49. The van der Waals surface area contributed by atoms with Gasteiger partial charge in [0.25, 0.3) is 0 Å². The van der Waals surface area contributed by atoms with Crippen LogP contribution in [0.15, 0.2) is 60.9 Å². The lowest BCUT2D eigenvalue weighted by Crippen LogP contribution is -2.13. The molecule has 0 spiro atoms. The van der Waals surface area contributed by atoms with Gasteiger partial charge < -0.3 is 10.2 Å². The predicted octanol–water partition coefficient (Wildman–Crippen LogP) is 3.56. The Labute approximate surface area is 136 Å². The number of anilines is 3. The van der Waals surface area contributed by atoms with E-state index < -0.39 is 0 Å². The molecule has 0 amide bonds. The second-order valence-electron chi connectivity index (χ2n) is 5.30. The third kappa shape index (κ3) is 3.83. The van der Waals surface area contributed by atoms with Gasteiger partial charge in [0, 0.05) is 43.4 Å². The molecule has 116 valence electrons. The van der Waals surface area contributed by atoms with Gasteiger partial charge in [-0.2, -0.15) is 4.98 Å². The van der Waals surface area contributed by atoms with Crippen LogP contribution in [-0.4, -0.2) is 22.0 Å². The lowest BCUT2D eigenvalue weighted by molar-refractivity contribution is 1.00. The van der Waals surface area contributed by atoms with Crippen molar-refractivity contribution in [1.82, 2.24) is 15.0 Å². The Hall–Kier alpha value is -2.95. The molecule has 0 fully saturated rings. The molecule has 0 unspecified atom stereocenters. The number of pyridine rings is 1. The van der Waals surface area contributed by atoms with E-state index in [1.165, 1.54) is 0 Å². The smallest absolute Gasteiger partial charge is 0.225 e. The minimum atomic E-state index is 0.617. The van der Waals surface area contributed by atoms with Crippen molar-refractivity contribution in [1.29, 1.82) is 0 Å². The first-order chi connectivity index (χ1) is 11.2. The maximum absolute atomic E-state index is 4.61. The Morgan fingerprint density at radius 1 is 1.04 bits per heavy atom. The highest BCUT2D eigenvalue weighted by atomic mass is 15.2. The molecule has 23 heavy (non-hydrogen) atoms. The molecule has 0 atom stereocenters. The van der Waals surface area contributed by atoms with Gasteiger partial charge in [0.05, 0.1) is 0 Å². The lowest BCUT2D eigenvalue weighted by atomic mass is 10.3. The van der Waals surface area contributed by atoms with Crippen LogP contribution in [-0.2, 0) is 6.54 Å². The van der Waals surface area contributed by atoms with Crippen LogP contribution in [0.2, 0.25) is 0 Å². The summed E-state index contributed by atoms with van der Waals surface area (Å²) in [6, 6.07) is 16.1. The molecule has 0 saturated heterocycles. The van der Waals surface area contributed by atoms with E-state index in [9.17, 15) is 0 Å². The van der Waals surface area contributed by atoms with Crippen LogP contribution in [0.3, 0.4) is 0 Å². The Morgan fingerprint density at radius 2 is 1.87 bits per heavy atom. The molecule has 0 bridgehead atoms.